The van der Waals surface area contributed by atoms with Crippen molar-refractivity contribution in [1.29, 1.82) is 0 Å². The summed E-state index contributed by atoms with van der Waals surface area (Å²) in [5.74, 6) is -0.549. The van der Waals surface area contributed by atoms with Crippen molar-refractivity contribution in [3.8, 4) is 0 Å². The third kappa shape index (κ3) is 3.21. The normalized spacial score (nSPS) is 13.5. The summed E-state index contributed by atoms with van der Waals surface area (Å²) < 4.78 is 52.9. The minimum absolute atomic E-state index is 0.133. The summed E-state index contributed by atoms with van der Waals surface area (Å²) in [6.45, 7) is 3.98. The molecule has 0 spiro atoms. The van der Waals surface area contributed by atoms with Gasteiger partial charge in [0.1, 0.15) is 5.69 Å². The Labute approximate surface area is 125 Å². The van der Waals surface area contributed by atoms with Crippen molar-refractivity contribution < 1.29 is 17.6 Å². The third-order valence-electron chi connectivity index (χ3n) is 3.59. The smallest absolute Gasteiger partial charge is 0.282 e. The summed E-state index contributed by atoms with van der Waals surface area (Å²) in [5.41, 5.74) is -0.460. The van der Waals surface area contributed by atoms with Gasteiger partial charge in [0.15, 0.2) is 5.83 Å². The lowest BCUT2D eigenvalue weighted by Gasteiger charge is -2.28. The zero-order chi connectivity index (χ0) is 16.5. The summed E-state index contributed by atoms with van der Waals surface area (Å²) in [5, 5.41) is 6.41. The number of rotatable bonds is 3. The maximum atomic E-state index is 14.0. The van der Waals surface area contributed by atoms with Crippen LogP contribution in [0.5, 0.6) is 0 Å². The predicted molar refractivity (Wildman–Crippen MR) is 77.8 cm³/mol. The van der Waals surface area contributed by atoms with E-state index >= 15 is 0 Å². The van der Waals surface area contributed by atoms with E-state index in [4.69, 9.17) is 0 Å². The fourth-order valence-electron chi connectivity index (χ4n) is 1.92. The molecule has 0 radical (unpaired) electrons. The number of hydrogen-bond donors (Lipinski definition) is 1. The van der Waals surface area contributed by atoms with E-state index in [-0.39, 0.29) is 11.3 Å². The molecule has 22 heavy (non-hydrogen) atoms. The minimum Gasteiger partial charge on any atom is -0.282 e. The number of nitrogens with zero attached hydrogens (tertiary/aromatic N) is 1. The fourth-order valence-corrected chi connectivity index (χ4v) is 1.92. The fraction of sp³-hybridized carbons (Fsp3) is 0.312. The SMILES string of the molecule is Cc1cc(C(F)=Cc2ccc(C(C)(C)C(F)(F)F)cc2)n[nH]1. The quantitative estimate of drug-likeness (QED) is 0.792. The number of nitrogens with one attached hydrogen (secondary N) is 1. The van der Waals surface area contributed by atoms with E-state index in [0.717, 1.165) is 19.5 Å². The molecule has 0 aliphatic heterocycles. The molecule has 0 unspecified atom stereocenters. The van der Waals surface area contributed by atoms with Crippen LogP contribution in [0.3, 0.4) is 0 Å². The second-order valence-corrected chi connectivity index (χ2v) is 5.67. The highest BCUT2D eigenvalue weighted by atomic mass is 19.4. The Morgan fingerprint density at radius 3 is 2.18 bits per heavy atom. The van der Waals surface area contributed by atoms with Crippen LogP contribution >= 0.6 is 0 Å². The Bertz CT molecular complexity index is 679. The van der Waals surface area contributed by atoms with Crippen molar-refractivity contribution in [2.75, 3.05) is 0 Å². The second kappa shape index (κ2) is 5.59. The van der Waals surface area contributed by atoms with Gasteiger partial charge < -0.3 is 0 Å². The van der Waals surface area contributed by atoms with E-state index in [0.29, 0.717) is 5.56 Å². The Morgan fingerprint density at radius 1 is 1.14 bits per heavy atom. The molecule has 118 valence electrons. The molecule has 2 aromatic rings. The van der Waals surface area contributed by atoms with Crippen LogP contribution in [0.15, 0.2) is 30.3 Å². The number of aryl methyl sites for hydroxylation is 1. The van der Waals surface area contributed by atoms with E-state index in [9.17, 15) is 17.6 Å². The van der Waals surface area contributed by atoms with Gasteiger partial charge in [-0.3, -0.25) is 5.10 Å². The lowest BCUT2D eigenvalue weighted by Crippen LogP contribution is -2.36. The Balaban J connectivity index is 2.26. The number of halogens is 4. The number of benzene rings is 1. The van der Waals surface area contributed by atoms with Crippen molar-refractivity contribution in [2.24, 2.45) is 0 Å². The molecule has 0 aliphatic carbocycles. The van der Waals surface area contributed by atoms with Gasteiger partial charge in [0.05, 0.1) is 5.41 Å². The van der Waals surface area contributed by atoms with Crippen LogP contribution < -0.4 is 0 Å². The van der Waals surface area contributed by atoms with E-state index in [1.165, 1.54) is 30.3 Å². The number of hydrogen-bond acceptors (Lipinski definition) is 1. The van der Waals surface area contributed by atoms with Gasteiger partial charge >= 0.3 is 6.18 Å². The molecule has 0 saturated carbocycles. The molecule has 1 aromatic heterocycles. The van der Waals surface area contributed by atoms with Gasteiger partial charge in [-0.1, -0.05) is 24.3 Å². The number of aromatic amines is 1. The first-order valence-electron chi connectivity index (χ1n) is 6.68. The van der Waals surface area contributed by atoms with E-state index in [2.05, 4.69) is 10.2 Å². The van der Waals surface area contributed by atoms with E-state index in [1.807, 2.05) is 0 Å². The number of aromatic nitrogens is 2. The number of H-pyrrole nitrogens is 1. The monoisotopic (exact) mass is 312 g/mol. The zero-order valence-corrected chi connectivity index (χ0v) is 12.4. The lowest BCUT2D eigenvalue weighted by atomic mass is 9.83. The molecule has 1 heterocycles. The molecule has 0 amide bonds. The van der Waals surface area contributed by atoms with Crippen molar-refractivity contribution in [2.45, 2.75) is 32.4 Å². The van der Waals surface area contributed by atoms with Gasteiger partial charge in [0.25, 0.3) is 0 Å². The summed E-state index contributed by atoms with van der Waals surface area (Å²) in [6, 6.07) is 7.20. The first-order chi connectivity index (χ1) is 10.1. The molecular weight excluding hydrogens is 296 g/mol. The molecule has 2 rings (SSSR count). The molecule has 0 atom stereocenters. The van der Waals surface area contributed by atoms with Crippen molar-refractivity contribution >= 4 is 11.9 Å². The maximum Gasteiger partial charge on any atom is 0.397 e. The first kappa shape index (κ1) is 16.3. The van der Waals surface area contributed by atoms with Crippen molar-refractivity contribution in [3.63, 3.8) is 0 Å². The Morgan fingerprint density at radius 2 is 1.73 bits per heavy atom. The largest absolute Gasteiger partial charge is 0.397 e. The van der Waals surface area contributed by atoms with E-state index in [1.54, 1.807) is 13.0 Å². The summed E-state index contributed by atoms with van der Waals surface area (Å²) in [6.07, 6.45) is -3.11. The molecule has 0 aliphatic rings. The summed E-state index contributed by atoms with van der Waals surface area (Å²) in [7, 11) is 0. The molecule has 0 bridgehead atoms. The highest BCUT2D eigenvalue weighted by Crippen LogP contribution is 2.40. The Kier molecular flexibility index (Phi) is 4.13. The van der Waals surface area contributed by atoms with Crippen LogP contribution in [0.2, 0.25) is 0 Å². The first-order valence-corrected chi connectivity index (χ1v) is 6.68. The van der Waals surface area contributed by atoms with Crippen LogP contribution in [-0.4, -0.2) is 16.4 Å². The average Bonchev–Trinajstić information content (AvgIpc) is 2.85. The molecular formula is C16H16F4N2. The van der Waals surface area contributed by atoms with Crippen LogP contribution in [0, 0.1) is 6.92 Å². The standard InChI is InChI=1S/C16H16F4N2/c1-10-8-14(22-21-10)13(17)9-11-4-6-12(7-5-11)15(2,3)16(18,19)20/h4-9H,1-3H3,(H,21,22). The summed E-state index contributed by atoms with van der Waals surface area (Å²) in [4.78, 5) is 0. The topological polar surface area (TPSA) is 28.7 Å². The van der Waals surface area contributed by atoms with Gasteiger partial charge in [-0.15, -0.1) is 0 Å². The van der Waals surface area contributed by atoms with Crippen molar-refractivity contribution in [1.82, 2.24) is 10.2 Å². The molecule has 1 aromatic carbocycles. The van der Waals surface area contributed by atoms with Crippen LogP contribution in [0.4, 0.5) is 17.6 Å². The third-order valence-corrected chi connectivity index (χ3v) is 3.59. The highest BCUT2D eigenvalue weighted by Gasteiger charge is 2.48. The van der Waals surface area contributed by atoms with Gasteiger partial charge in [-0.25, -0.2) is 4.39 Å². The Hall–Kier alpha value is -2.11. The summed E-state index contributed by atoms with van der Waals surface area (Å²) >= 11 is 0. The number of alkyl halides is 3. The second-order valence-electron chi connectivity index (χ2n) is 5.67. The van der Waals surface area contributed by atoms with E-state index < -0.39 is 17.4 Å². The van der Waals surface area contributed by atoms with Gasteiger partial charge in [0.2, 0.25) is 0 Å². The van der Waals surface area contributed by atoms with Crippen LogP contribution in [0.1, 0.15) is 36.4 Å². The molecule has 0 saturated heterocycles. The maximum absolute atomic E-state index is 14.0. The average molecular weight is 312 g/mol. The van der Waals surface area contributed by atoms with Gasteiger partial charge in [-0.2, -0.15) is 18.3 Å². The van der Waals surface area contributed by atoms with Crippen molar-refractivity contribution in [3.05, 3.63) is 52.8 Å². The van der Waals surface area contributed by atoms with Crippen LogP contribution in [-0.2, 0) is 5.41 Å². The minimum atomic E-state index is -4.35. The molecule has 2 nitrogen and oxygen atoms in total. The molecule has 1 N–H and O–H groups in total. The van der Waals surface area contributed by atoms with Gasteiger partial charge in [0, 0.05) is 5.69 Å². The van der Waals surface area contributed by atoms with Crippen LogP contribution in [0.25, 0.3) is 11.9 Å². The zero-order valence-electron chi connectivity index (χ0n) is 12.4. The predicted octanol–water partition coefficient (Wildman–Crippen LogP) is 5.03. The molecule has 0 fully saturated rings. The highest BCUT2D eigenvalue weighted by molar-refractivity contribution is 5.75. The lowest BCUT2D eigenvalue weighted by molar-refractivity contribution is -0.180. The molecule has 6 heteroatoms. The van der Waals surface area contributed by atoms with Gasteiger partial charge in [-0.05, 0) is 44.0 Å².